The summed E-state index contributed by atoms with van der Waals surface area (Å²) in [7, 11) is 0. The quantitative estimate of drug-likeness (QED) is 0.137. The normalized spacial score (nSPS) is 12.7. The van der Waals surface area contributed by atoms with Gasteiger partial charge >= 0.3 is 18.0 Å². The van der Waals surface area contributed by atoms with Crippen LogP contribution in [0.3, 0.4) is 0 Å². The fraction of sp³-hybridized carbons (Fsp3) is 0.444. The van der Waals surface area contributed by atoms with Crippen LogP contribution in [0.4, 0.5) is 16.2 Å². The Labute approximate surface area is 287 Å². The lowest BCUT2D eigenvalue weighted by atomic mass is 9.92. The number of nitrogens with one attached hydrogen (secondary N) is 5. The molecule has 5 amide bonds. The number of benzene rings is 2. The second kappa shape index (κ2) is 18.8. The highest BCUT2D eigenvalue weighted by molar-refractivity contribution is 5.99. The van der Waals surface area contributed by atoms with E-state index in [1.54, 1.807) is 36.4 Å². The number of carbonyl (C=O) groups is 6. The summed E-state index contributed by atoms with van der Waals surface area (Å²) in [5, 5.41) is 32.1. The van der Waals surface area contributed by atoms with E-state index in [-0.39, 0.29) is 43.4 Å². The monoisotopic (exact) mass is 677 g/mol. The molecule has 0 spiro atoms. The van der Waals surface area contributed by atoms with Crippen molar-refractivity contribution in [3.8, 4) is 11.8 Å². The van der Waals surface area contributed by atoms with Crippen molar-refractivity contribution in [3.63, 3.8) is 0 Å². The summed E-state index contributed by atoms with van der Waals surface area (Å²) < 4.78 is 0. The molecule has 2 aromatic carbocycles. The lowest BCUT2D eigenvalue weighted by Gasteiger charge is -2.22. The molecule has 0 aliphatic rings. The van der Waals surface area contributed by atoms with Crippen molar-refractivity contribution in [2.75, 3.05) is 10.6 Å². The molecular formula is C36H47N5O8. The Morgan fingerprint density at radius 2 is 1.16 bits per heavy atom. The third-order valence-corrected chi connectivity index (χ3v) is 6.92. The fourth-order valence-corrected chi connectivity index (χ4v) is 4.52. The SMILES string of the molecule is Cc1ccc(NC(=O)Nc2ccc(CC(=O)NC(CC(C)C)C(=O)NC(CC#CCC(NC(=O)CC(C)(C)C)C(=O)O)C(=O)O)cc2)cc1. The smallest absolute Gasteiger partial charge is 0.327 e. The van der Waals surface area contributed by atoms with Crippen LogP contribution < -0.4 is 26.6 Å². The van der Waals surface area contributed by atoms with Crippen LogP contribution in [0.15, 0.2) is 48.5 Å². The molecular weight excluding hydrogens is 630 g/mol. The molecule has 2 rings (SSSR count). The van der Waals surface area contributed by atoms with Gasteiger partial charge in [-0.15, -0.1) is 11.8 Å². The zero-order valence-corrected chi connectivity index (χ0v) is 28.8. The maximum atomic E-state index is 13.1. The highest BCUT2D eigenvalue weighted by Crippen LogP contribution is 2.18. The molecule has 0 radical (unpaired) electrons. The molecule has 0 saturated heterocycles. The maximum absolute atomic E-state index is 13.1. The first-order chi connectivity index (χ1) is 22.9. The summed E-state index contributed by atoms with van der Waals surface area (Å²) in [4.78, 5) is 74.0. The number of hydrogen-bond donors (Lipinski definition) is 7. The van der Waals surface area contributed by atoms with Gasteiger partial charge in [-0.05, 0) is 54.5 Å². The summed E-state index contributed by atoms with van der Waals surface area (Å²) in [5.74, 6) is 0.919. The first kappa shape index (κ1) is 39.8. The molecule has 0 fully saturated rings. The number of carboxylic acid groups (broad SMARTS) is 2. The van der Waals surface area contributed by atoms with Gasteiger partial charge in [-0.3, -0.25) is 14.4 Å². The van der Waals surface area contributed by atoms with Gasteiger partial charge in [-0.2, -0.15) is 0 Å². The molecule has 0 saturated carbocycles. The number of urea groups is 1. The largest absolute Gasteiger partial charge is 0.480 e. The van der Waals surface area contributed by atoms with E-state index in [2.05, 4.69) is 38.4 Å². The van der Waals surface area contributed by atoms with Crippen LogP contribution in [-0.2, 0) is 30.4 Å². The van der Waals surface area contributed by atoms with Gasteiger partial charge in [0.1, 0.15) is 18.1 Å². The van der Waals surface area contributed by atoms with Gasteiger partial charge in [-0.25, -0.2) is 14.4 Å². The Kier molecular flexibility index (Phi) is 15.3. The Bertz CT molecular complexity index is 1540. The molecule has 3 unspecified atom stereocenters. The molecule has 13 nitrogen and oxygen atoms in total. The molecule has 13 heteroatoms. The maximum Gasteiger partial charge on any atom is 0.327 e. The van der Waals surface area contributed by atoms with Crippen molar-refractivity contribution in [3.05, 3.63) is 59.7 Å². The van der Waals surface area contributed by atoms with Crippen LogP contribution in [0.5, 0.6) is 0 Å². The van der Waals surface area contributed by atoms with Crippen LogP contribution in [0.1, 0.15) is 71.4 Å². The Balaban J connectivity index is 1.96. The molecule has 49 heavy (non-hydrogen) atoms. The second-order valence-electron chi connectivity index (χ2n) is 13.4. The third-order valence-electron chi connectivity index (χ3n) is 6.92. The van der Waals surface area contributed by atoms with Gasteiger partial charge in [-0.1, -0.05) is 64.4 Å². The highest BCUT2D eigenvalue weighted by atomic mass is 16.4. The van der Waals surface area contributed by atoms with Crippen molar-refractivity contribution in [1.29, 1.82) is 0 Å². The van der Waals surface area contributed by atoms with Crippen molar-refractivity contribution in [2.45, 2.75) is 91.8 Å². The van der Waals surface area contributed by atoms with Gasteiger partial charge < -0.3 is 36.8 Å². The molecule has 7 N–H and O–H groups in total. The summed E-state index contributed by atoms with van der Waals surface area (Å²) in [6, 6.07) is 9.82. The summed E-state index contributed by atoms with van der Waals surface area (Å²) in [6.07, 6.45) is -0.291. The Morgan fingerprint density at radius 3 is 1.63 bits per heavy atom. The van der Waals surface area contributed by atoms with E-state index in [0.29, 0.717) is 16.9 Å². The van der Waals surface area contributed by atoms with Crippen LogP contribution in [0, 0.1) is 30.1 Å². The second-order valence-corrected chi connectivity index (χ2v) is 13.4. The minimum Gasteiger partial charge on any atom is -0.480 e. The van der Waals surface area contributed by atoms with Gasteiger partial charge in [0.2, 0.25) is 17.7 Å². The lowest BCUT2D eigenvalue weighted by Crippen LogP contribution is -2.52. The van der Waals surface area contributed by atoms with Gasteiger partial charge in [0.05, 0.1) is 6.42 Å². The topological polar surface area (TPSA) is 203 Å². The number of amides is 5. The number of hydrogen-bond acceptors (Lipinski definition) is 6. The van der Waals surface area contributed by atoms with E-state index in [4.69, 9.17) is 0 Å². The molecule has 0 aliphatic heterocycles. The predicted molar refractivity (Wildman–Crippen MR) is 186 cm³/mol. The number of carbonyl (C=O) groups excluding carboxylic acids is 4. The first-order valence-corrected chi connectivity index (χ1v) is 16.0. The van der Waals surface area contributed by atoms with Crippen molar-refractivity contribution >= 4 is 47.1 Å². The average molecular weight is 678 g/mol. The Hall–Kier alpha value is -5.38. The molecule has 0 aromatic heterocycles. The van der Waals surface area contributed by atoms with E-state index in [9.17, 15) is 39.0 Å². The molecule has 264 valence electrons. The van der Waals surface area contributed by atoms with Gasteiger partial charge in [0.25, 0.3) is 0 Å². The number of carboxylic acids is 2. The molecule has 2 aromatic rings. The van der Waals surface area contributed by atoms with Gasteiger partial charge in [0.15, 0.2) is 0 Å². The predicted octanol–water partition coefficient (Wildman–Crippen LogP) is 4.07. The van der Waals surface area contributed by atoms with Crippen molar-refractivity contribution in [1.82, 2.24) is 16.0 Å². The number of aliphatic carboxylic acids is 2. The summed E-state index contributed by atoms with van der Waals surface area (Å²) in [6.45, 7) is 11.2. The molecule has 0 bridgehead atoms. The van der Waals surface area contributed by atoms with E-state index in [1.807, 2.05) is 53.7 Å². The lowest BCUT2D eigenvalue weighted by molar-refractivity contribution is -0.142. The first-order valence-electron chi connectivity index (χ1n) is 16.0. The summed E-state index contributed by atoms with van der Waals surface area (Å²) >= 11 is 0. The number of rotatable bonds is 15. The Morgan fingerprint density at radius 1 is 0.694 bits per heavy atom. The number of anilines is 2. The molecule has 3 atom stereocenters. The zero-order valence-electron chi connectivity index (χ0n) is 28.8. The van der Waals surface area contributed by atoms with Crippen molar-refractivity contribution < 1.29 is 39.0 Å². The van der Waals surface area contributed by atoms with Crippen LogP contribution in [0.2, 0.25) is 0 Å². The van der Waals surface area contributed by atoms with E-state index >= 15 is 0 Å². The minimum absolute atomic E-state index is 0.0167. The molecule has 0 aliphatic carbocycles. The highest BCUT2D eigenvalue weighted by Gasteiger charge is 2.27. The van der Waals surface area contributed by atoms with E-state index in [1.165, 1.54) is 0 Å². The average Bonchev–Trinajstić information content (AvgIpc) is 2.98. The van der Waals surface area contributed by atoms with Crippen LogP contribution >= 0.6 is 0 Å². The van der Waals surface area contributed by atoms with Crippen LogP contribution in [0.25, 0.3) is 0 Å². The fourth-order valence-electron chi connectivity index (χ4n) is 4.52. The van der Waals surface area contributed by atoms with Crippen LogP contribution in [-0.4, -0.2) is 64.0 Å². The number of aryl methyl sites for hydroxylation is 1. The standard InChI is InChI=1S/C36H47N5O8/c1-22(2)19-29(32(44)41-28(34(47)48)10-8-7-9-27(33(45)46)39-31(43)21-36(4,5)6)40-30(42)20-24-13-17-26(18-14-24)38-35(49)37-25-15-11-23(3)12-16-25/h11-18,22,27-29H,9-10,19-21H2,1-6H3,(H,39,43)(H,40,42)(H,41,44)(H,45,46)(H,47,48)(H2,37,38,49). The van der Waals surface area contributed by atoms with E-state index in [0.717, 1.165) is 5.56 Å². The van der Waals surface area contributed by atoms with Crippen molar-refractivity contribution in [2.24, 2.45) is 11.3 Å². The zero-order chi connectivity index (χ0) is 36.7. The molecule has 0 heterocycles. The minimum atomic E-state index is -1.42. The summed E-state index contributed by atoms with van der Waals surface area (Å²) in [5.41, 5.74) is 2.50. The van der Waals surface area contributed by atoms with E-state index < -0.39 is 53.8 Å². The third kappa shape index (κ3) is 15.8. The van der Waals surface area contributed by atoms with Gasteiger partial charge in [0, 0.05) is 30.6 Å².